The lowest BCUT2D eigenvalue weighted by Gasteiger charge is -2.34. The standard InChI is InChI=1S/C12H14BrF2N/c1-12(2)4-3-5-16(12)11-9(14)6-8(13)7-10(11)15/h6-7H,3-5H2,1-2H3. The van der Waals surface area contributed by atoms with Gasteiger partial charge in [-0.2, -0.15) is 0 Å². The van der Waals surface area contributed by atoms with Crippen LogP contribution >= 0.6 is 15.9 Å². The van der Waals surface area contributed by atoms with Crippen LogP contribution in [0.15, 0.2) is 16.6 Å². The summed E-state index contributed by atoms with van der Waals surface area (Å²) in [5.74, 6) is -0.997. The molecule has 88 valence electrons. The summed E-state index contributed by atoms with van der Waals surface area (Å²) in [6, 6.07) is 2.62. The van der Waals surface area contributed by atoms with Crippen molar-refractivity contribution in [1.82, 2.24) is 0 Å². The average molecular weight is 290 g/mol. The van der Waals surface area contributed by atoms with Crippen molar-refractivity contribution in [3.8, 4) is 0 Å². The van der Waals surface area contributed by atoms with Crippen LogP contribution in [0.4, 0.5) is 14.5 Å². The first kappa shape index (κ1) is 11.8. The minimum atomic E-state index is -0.498. The minimum Gasteiger partial charge on any atom is -0.362 e. The first-order valence-electron chi connectivity index (χ1n) is 5.34. The van der Waals surface area contributed by atoms with Crippen LogP contribution in [0.1, 0.15) is 26.7 Å². The Balaban J connectivity index is 2.48. The van der Waals surface area contributed by atoms with Gasteiger partial charge < -0.3 is 4.90 Å². The monoisotopic (exact) mass is 289 g/mol. The molecular formula is C12H14BrF2N. The zero-order chi connectivity index (χ0) is 11.9. The van der Waals surface area contributed by atoms with Crippen molar-refractivity contribution in [1.29, 1.82) is 0 Å². The molecule has 0 aromatic heterocycles. The van der Waals surface area contributed by atoms with Gasteiger partial charge in [-0.1, -0.05) is 15.9 Å². The average Bonchev–Trinajstić information content (AvgIpc) is 2.44. The van der Waals surface area contributed by atoms with Crippen molar-refractivity contribution in [2.75, 3.05) is 11.4 Å². The van der Waals surface area contributed by atoms with Crippen LogP contribution in [0.25, 0.3) is 0 Å². The molecule has 0 aliphatic carbocycles. The predicted molar refractivity (Wildman–Crippen MR) is 64.7 cm³/mol. The highest BCUT2D eigenvalue weighted by Crippen LogP contribution is 2.37. The molecule has 1 fully saturated rings. The van der Waals surface area contributed by atoms with Crippen LogP contribution < -0.4 is 4.90 Å². The Morgan fingerprint density at radius 3 is 2.25 bits per heavy atom. The molecule has 2 rings (SSSR count). The molecule has 0 atom stereocenters. The molecule has 1 aromatic rings. The third-order valence-electron chi connectivity index (χ3n) is 3.15. The van der Waals surface area contributed by atoms with E-state index < -0.39 is 11.6 Å². The lowest BCUT2D eigenvalue weighted by atomic mass is 10.0. The molecule has 0 bridgehead atoms. The van der Waals surface area contributed by atoms with Gasteiger partial charge in [0.2, 0.25) is 0 Å². The Hall–Kier alpha value is -0.640. The third kappa shape index (κ3) is 1.95. The highest BCUT2D eigenvalue weighted by atomic mass is 79.9. The smallest absolute Gasteiger partial charge is 0.150 e. The van der Waals surface area contributed by atoms with Crippen LogP contribution in [0, 0.1) is 11.6 Å². The van der Waals surface area contributed by atoms with E-state index in [4.69, 9.17) is 0 Å². The molecule has 1 aliphatic heterocycles. The largest absolute Gasteiger partial charge is 0.362 e. The lowest BCUT2D eigenvalue weighted by Crippen LogP contribution is -2.39. The molecule has 0 radical (unpaired) electrons. The third-order valence-corrected chi connectivity index (χ3v) is 3.61. The minimum absolute atomic E-state index is 0.103. The molecule has 0 saturated carbocycles. The Kier molecular flexibility index (Phi) is 2.95. The van der Waals surface area contributed by atoms with Gasteiger partial charge in [0.25, 0.3) is 0 Å². The van der Waals surface area contributed by atoms with Gasteiger partial charge in [0.05, 0.1) is 0 Å². The molecule has 0 N–H and O–H groups in total. The molecule has 1 heterocycles. The van der Waals surface area contributed by atoms with Crippen molar-refractivity contribution < 1.29 is 8.78 Å². The number of benzene rings is 1. The number of hydrogen-bond acceptors (Lipinski definition) is 1. The van der Waals surface area contributed by atoms with Crippen molar-refractivity contribution in [3.05, 3.63) is 28.2 Å². The summed E-state index contributed by atoms with van der Waals surface area (Å²) in [6.07, 6.45) is 1.93. The summed E-state index contributed by atoms with van der Waals surface area (Å²) in [6.45, 7) is 4.74. The molecule has 0 unspecified atom stereocenters. The van der Waals surface area contributed by atoms with Gasteiger partial charge in [-0.15, -0.1) is 0 Å². The summed E-state index contributed by atoms with van der Waals surface area (Å²) in [5.41, 5.74) is -0.0686. The fraction of sp³-hybridized carbons (Fsp3) is 0.500. The molecule has 1 saturated heterocycles. The fourth-order valence-corrected chi connectivity index (χ4v) is 2.72. The van der Waals surface area contributed by atoms with Gasteiger partial charge in [-0.05, 0) is 38.8 Å². The van der Waals surface area contributed by atoms with Crippen LogP contribution in [-0.4, -0.2) is 12.1 Å². The van der Waals surface area contributed by atoms with E-state index in [-0.39, 0.29) is 11.2 Å². The zero-order valence-corrected chi connectivity index (χ0v) is 10.9. The van der Waals surface area contributed by atoms with Crippen LogP contribution in [0.3, 0.4) is 0 Å². The van der Waals surface area contributed by atoms with Gasteiger partial charge >= 0.3 is 0 Å². The second kappa shape index (κ2) is 3.99. The van der Waals surface area contributed by atoms with Crippen molar-refractivity contribution >= 4 is 21.6 Å². The first-order valence-corrected chi connectivity index (χ1v) is 6.13. The summed E-state index contributed by atoms with van der Waals surface area (Å²) >= 11 is 3.09. The number of nitrogens with zero attached hydrogens (tertiary/aromatic N) is 1. The molecule has 0 spiro atoms. The second-order valence-electron chi connectivity index (χ2n) is 4.79. The van der Waals surface area contributed by atoms with E-state index in [0.717, 1.165) is 12.8 Å². The van der Waals surface area contributed by atoms with Crippen LogP contribution in [-0.2, 0) is 0 Å². The Bertz CT molecular complexity index is 394. The maximum atomic E-state index is 13.8. The summed E-state index contributed by atoms with van der Waals surface area (Å²) < 4.78 is 28.0. The summed E-state index contributed by atoms with van der Waals surface area (Å²) in [5, 5.41) is 0. The highest BCUT2D eigenvalue weighted by Gasteiger charge is 2.35. The topological polar surface area (TPSA) is 3.24 Å². The number of hydrogen-bond donors (Lipinski definition) is 0. The number of rotatable bonds is 1. The normalized spacial score (nSPS) is 19.2. The van der Waals surface area contributed by atoms with Gasteiger partial charge in [0.1, 0.15) is 5.69 Å². The quantitative estimate of drug-likeness (QED) is 0.752. The molecule has 16 heavy (non-hydrogen) atoms. The van der Waals surface area contributed by atoms with Crippen molar-refractivity contribution in [2.24, 2.45) is 0 Å². The number of halogens is 3. The molecule has 0 amide bonds. The molecule has 1 nitrogen and oxygen atoms in total. The highest BCUT2D eigenvalue weighted by molar-refractivity contribution is 9.10. The van der Waals surface area contributed by atoms with Gasteiger partial charge in [-0.3, -0.25) is 0 Å². The lowest BCUT2D eigenvalue weighted by molar-refractivity contribution is 0.491. The first-order chi connectivity index (χ1) is 7.42. The molecule has 4 heteroatoms. The fourth-order valence-electron chi connectivity index (χ4n) is 2.31. The molecular weight excluding hydrogens is 276 g/mol. The summed E-state index contributed by atoms with van der Waals surface area (Å²) in [7, 11) is 0. The van der Waals surface area contributed by atoms with Crippen molar-refractivity contribution in [3.63, 3.8) is 0 Å². The van der Waals surface area contributed by atoms with E-state index in [0.29, 0.717) is 11.0 Å². The second-order valence-corrected chi connectivity index (χ2v) is 5.70. The Morgan fingerprint density at radius 1 is 1.25 bits per heavy atom. The SMILES string of the molecule is CC1(C)CCCN1c1c(F)cc(Br)cc1F. The Morgan fingerprint density at radius 2 is 1.81 bits per heavy atom. The number of anilines is 1. The molecule has 1 aliphatic rings. The Labute approximate surface area is 103 Å². The van der Waals surface area contributed by atoms with E-state index in [1.807, 2.05) is 18.7 Å². The zero-order valence-electron chi connectivity index (χ0n) is 9.36. The molecule has 1 aromatic carbocycles. The summed E-state index contributed by atoms with van der Waals surface area (Å²) in [4.78, 5) is 1.82. The predicted octanol–water partition coefficient (Wildman–Crippen LogP) is 4.11. The van der Waals surface area contributed by atoms with Gasteiger partial charge in [0, 0.05) is 16.6 Å². The van der Waals surface area contributed by atoms with E-state index in [9.17, 15) is 8.78 Å². The van der Waals surface area contributed by atoms with E-state index in [2.05, 4.69) is 15.9 Å². The van der Waals surface area contributed by atoms with Gasteiger partial charge in [0.15, 0.2) is 11.6 Å². The maximum absolute atomic E-state index is 13.8. The van der Waals surface area contributed by atoms with Crippen LogP contribution in [0.5, 0.6) is 0 Å². The van der Waals surface area contributed by atoms with Crippen molar-refractivity contribution in [2.45, 2.75) is 32.2 Å². The van der Waals surface area contributed by atoms with Crippen LogP contribution in [0.2, 0.25) is 0 Å². The maximum Gasteiger partial charge on any atom is 0.150 e. The van der Waals surface area contributed by atoms with E-state index in [1.165, 1.54) is 12.1 Å². The van der Waals surface area contributed by atoms with Gasteiger partial charge in [-0.25, -0.2) is 8.78 Å². The van der Waals surface area contributed by atoms with E-state index >= 15 is 0 Å². The van der Waals surface area contributed by atoms with E-state index in [1.54, 1.807) is 0 Å².